The summed E-state index contributed by atoms with van der Waals surface area (Å²) in [6.07, 6.45) is -0.0874. The lowest BCUT2D eigenvalue weighted by Gasteiger charge is -2.17. The predicted molar refractivity (Wildman–Crippen MR) is 41.5 cm³/mol. The molecule has 0 aromatic rings. The predicted octanol–water partition coefficient (Wildman–Crippen LogP) is -0.133. The summed E-state index contributed by atoms with van der Waals surface area (Å²) in [6, 6.07) is 0. The van der Waals surface area contributed by atoms with Crippen LogP contribution in [0.25, 0.3) is 0 Å². The number of aliphatic hydroxyl groups excluding tert-OH is 1. The highest BCUT2D eigenvalue weighted by molar-refractivity contribution is 4.74. The Morgan fingerprint density at radius 3 is 2.09 bits per heavy atom. The van der Waals surface area contributed by atoms with E-state index in [9.17, 15) is 0 Å². The Morgan fingerprint density at radius 2 is 1.82 bits per heavy atom. The Labute approximate surface area is 67.3 Å². The third-order valence-electron chi connectivity index (χ3n) is 1.02. The molecule has 0 rings (SSSR count). The number of hydrogen-bond acceptors (Lipinski definition) is 4. The van der Waals surface area contributed by atoms with Crippen molar-refractivity contribution < 1.29 is 14.6 Å². The van der Waals surface area contributed by atoms with Crippen molar-refractivity contribution in [2.24, 2.45) is 5.73 Å². The summed E-state index contributed by atoms with van der Waals surface area (Å²) in [5.74, 6) is 0. The number of nitrogens with two attached hydrogens (primary N) is 1. The van der Waals surface area contributed by atoms with E-state index in [4.69, 9.17) is 20.3 Å². The smallest absolute Gasteiger partial charge is 0.164 e. The highest BCUT2D eigenvalue weighted by Gasteiger charge is 2.11. The van der Waals surface area contributed by atoms with Gasteiger partial charge in [0.2, 0.25) is 0 Å². The van der Waals surface area contributed by atoms with Gasteiger partial charge in [-0.3, -0.25) is 0 Å². The van der Waals surface area contributed by atoms with Crippen LogP contribution >= 0.6 is 0 Å². The van der Waals surface area contributed by atoms with Gasteiger partial charge in [-0.2, -0.15) is 0 Å². The zero-order valence-electron chi connectivity index (χ0n) is 6.99. The first-order valence-electron chi connectivity index (χ1n) is 3.72. The van der Waals surface area contributed by atoms with E-state index < -0.39 is 12.5 Å². The van der Waals surface area contributed by atoms with Crippen LogP contribution < -0.4 is 5.73 Å². The van der Waals surface area contributed by atoms with Crippen molar-refractivity contribution in [2.75, 3.05) is 13.2 Å². The van der Waals surface area contributed by atoms with Gasteiger partial charge in [0.25, 0.3) is 0 Å². The van der Waals surface area contributed by atoms with Crippen molar-refractivity contribution in [3.8, 4) is 0 Å². The van der Waals surface area contributed by atoms with Gasteiger partial charge < -0.3 is 20.3 Å². The molecule has 0 saturated carbocycles. The lowest BCUT2D eigenvalue weighted by molar-refractivity contribution is -0.122. The first kappa shape index (κ1) is 10.8. The maximum atomic E-state index is 8.74. The second kappa shape index (κ2) is 6.54. The monoisotopic (exact) mass is 162 g/mol. The molecule has 11 heavy (non-hydrogen) atoms. The van der Waals surface area contributed by atoms with Crippen LogP contribution in [-0.2, 0) is 9.47 Å². The zero-order valence-corrected chi connectivity index (χ0v) is 6.99. The summed E-state index contributed by atoms with van der Waals surface area (Å²) < 4.78 is 10.2. The molecule has 0 aliphatic carbocycles. The Hall–Kier alpha value is -0.160. The van der Waals surface area contributed by atoms with Crippen LogP contribution in [0.2, 0.25) is 0 Å². The Morgan fingerprint density at radius 1 is 1.36 bits per heavy atom. The molecule has 0 spiro atoms. The fraction of sp³-hybridized carbons (Fsp3) is 0.857. The highest BCUT2D eigenvalue weighted by atomic mass is 16.7. The summed E-state index contributed by atoms with van der Waals surface area (Å²) in [6.45, 7) is 4.77. The molecule has 0 fully saturated rings. The molecule has 3 N–H and O–H groups in total. The second-order valence-electron chi connectivity index (χ2n) is 1.96. The molecule has 67 valence electrons. The van der Waals surface area contributed by atoms with Crippen molar-refractivity contribution in [3.63, 3.8) is 0 Å². The summed E-state index contributed by atoms with van der Waals surface area (Å²) >= 11 is 0. The molecule has 0 bridgehead atoms. The molecule has 1 radical (unpaired) electrons. The molecular weight excluding hydrogens is 146 g/mol. The first-order valence-corrected chi connectivity index (χ1v) is 3.72. The zero-order chi connectivity index (χ0) is 8.69. The first-order chi connectivity index (χ1) is 5.20. The van der Waals surface area contributed by atoms with E-state index in [-0.39, 0.29) is 0 Å². The number of ether oxygens (including phenoxy) is 2. The van der Waals surface area contributed by atoms with Gasteiger partial charge in [0, 0.05) is 13.2 Å². The largest absolute Gasteiger partial charge is 0.378 e. The minimum Gasteiger partial charge on any atom is -0.378 e. The quantitative estimate of drug-likeness (QED) is 0.534. The molecule has 4 nitrogen and oxygen atoms in total. The van der Waals surface area contributed by atoms with Crippen LogP contribution in [0.5, 0.6) is 0 Å². The molecule has 0 heterocycles. The van der Waals surface area contributed by atoms with Crippen LogP contribution in [0.4, 0.5) is 0 Å². The third kappa shape index (κ3) is 6.25. The average Bonchev–Trinajstić information content (AvgIpc) is 1.87. The van der Waals surface area contributed by atoms with Gasteiger partial charge in [-0.15, -0.1) is 0 Å². The van der Waals surface area contributed by atoms with Crippen molar-refractivity contribution in [2.45, 2.75) is 26.4 Å². The molecular formula is C7H16NO3. The van der Waals surface area contributed by atoms with Gasteiger partial charge in [-0.05, 0) is 13.8 Å². The van der Waals surface area contributed by atoms with Crippen LogP contribution in [0.1, 0.15) is 13.8 Å². The summed E-state index contributed by atoms with van der Waals surface area (Å²) in [5.41, 5.74) is 5.09. The standard InChI is InChI=1S/C7H16NO3/c1-3-10-7(11-4-2)5-6(8)9/h5-7,9H,3-4,8H2,1-2H3. The van der Waals surface area contributed by atoms with E-state index in [2.05, 4.69) is 0 Å². The highest BCUT2D eigenvalue weighted by Crippen LogP contribution is 2.00. The van der Waals surface area contributed by atoms with Gasteiger partial charge in [-0.25, -0.2) is 0 Å². The van der Waals surface area contributed by atoms with Crippen LogP contribution in [-0.4, -0.2) is 30.8 Å². The molecule has 0 amide bonds. The van der Waals surface area contributed by atoms with Gasteiger partial charge in [-0.1, -0.05) is 0 Å². The third-order valence-corrected chi connectivity index (χ3v) is 1.02. The normalized spacial score (nSPS) is 13.9. The van der Waals surface area contributed by atoms with Crippen LogP contribution in [0, 0.1) is 6.42 Å². The van der Waals surface area contributed by atoms with Gasteiger partial charge >= 0.3 is 0 Å². The molecule has 0 aromatic heterocycles. The van der Waals surface area contributed by atoms with E-state index in [1.165, 1.54) is 6.42 Å². The molecule has 1 atom stereocenters. The van der Waals surface area contributed by atoms with Gasteiger partial charge in [0.15, 0.2) is 6.29 Å². The van der Waals surface area contributed by atoms with E-state index >= 15 is 0 Å². The van der Waals surface area contributed by atoms with Crippen molar-refractivity contribution in [1.82, 2.24) is 0 Å². The van der Waals surface area contributed by atoms with E-state index in [0.717, 1.165) is 0 Å². The van der Waals surface area contributed by atoms with Crippen LogP contribution in [0.15, 0.2) is 0 Å². The minimum atomic E-state index is -0.988. The molecule has 0 aliphatic heterocycles. The van der Waals surface area contributed by atoms with Crippen molar-refractivity contribution >= 4 is 0 Å². The van der Waals surface area contributed by atoms with Gasteiger partial charge in [0.05, 0.1) is 6.42 Å². The van der Waals surface area contributed by atoms with Crippen LogP contribution in [0.3, 0.4) is 0 Å². The molecule has 4 heteroatoms. The summed E-state index contributed by atoms with van der Waals surface area (Å²) in [7, 11) is 0. The molecule has 0 aromatic carbocycles. The Bertz CT molecular complexity index is 81.8. The molecule has 1 unspecified atom stereocenters. The number of rotatable bonds is 6. The minimum absolute atomic E-state index is 0.495. The molecule has 0 saturated heterocycles. The Kier molecular flexibility index (Phi) is 6.45. The summed E-state index contributed by atoms with van der Waals surface area (Å²) in [5, 5.41) is 8.74. The van der Waals surface area contributed by atoms with Gasteiger partial charge in [0.1, 0.15) is 6.23 Å². The fourth-order valence-corrected chi connectivity index (χ4v) is 0.649. The van der Waals surface area contributed by atoms with E-state index in [1.807, 2.05) is 13.8 Å². The fourth-order valence-electron chi connectivity index (χ4n) is 0.649. The maximum Gasteiger partial charge on any atom is 0.164 e. The average molecular weight is 162 g/mol. The molecule has 0 aliphatic rings. The second-order valence-corrected chi connectivity index (χ2v) is 1.96. The maximum absolute atomic E-state index is 8.74. The Balaban J connectivity index is 3.50. The van der Waals surface area contributed by atoms with Crippen molar-refractivity contribution in [3.05, 3.63) is 6.42 Å². The van der Waals surface area contributed by atoms with E-state index in [0.29, 0.717) is 13.2 Å². The lowest BCUT2D eigenvalue weighted by atomic mass is 10.4. The number of hydrogen-bond donors (Lipinski definition) is 2. The number of aliphatic hydroxyl groups is 1. The van der Waals surface area contributed by atoms with Crippen molar-refractivity contribution in [1.29, 1.82) is 0 Å². The lowest BCUT2D eigenvalue weighted by Crippen LogP contribution is -2.30. The SMILES string of the molecule is CCOC([CH]C(N)O)OCC. The van der Waals surface area contributed by atoms with E-state index in [1.54, 1.807) is 0 Å². The topological polar surface area (TPSA) is 64.7 Å². The summed E-state index contributed by atoms with van der Waals surface area (Å²) in [4.78, 5) is 0.